The van der Waals surface area contributed by atoms with Crippen LogP contribution in [-0.4, -0.2) is 16.9 Å². The fourth-order valence-electron chi connectivity index (χ4n) is 1.64. The number of hydrogen-bond donors (Lipinski definition) is 2. The highest BCUT2D eigenvalue weighted by atomic mass is 35.5. The molecule has 1 heterocycles. The molecule has 1 aromatic carbocycles. The summed E-state index contributed by atoms with van der Waals surface area (Å²) in [5.74, 6) is 0.706. The topological polar surface area (TPSA) is 77.2 Å². The average molecular weight is 320 g/mol. The molecule has 6 heteroatoms. The second-order valence-corrected chi connectivity index (χ2v) is 5.51. The van der Waals surface area contributed by atoms with Crippen molar-refractivity contribution >= 4 is 23.2 Å². The third-order valence-corrected chi connectivity index (χ3v) is 3.47. The molecule has 0 fully saturated rings. The summed E-state index contributed by atoms with van der Waals surface area (Å²) in [5.41, 5.74) is 6.40. The Morgan fingerprint density at radius 1 is 1.23 bits per heavy atom. The maximum absolute atomic E-state index is 11.9. The second-order valence-electron chi connectivity index (χ2n) is 5.08. The van der Waals surface area contributed by atoms with Gasteiger partial charge in [0.15, 0.2) is 0 Å². The first kappa shape index (κ1) is 16.3. The van der Waals surface area contributed by atoms with Gasteiger partial charge in [0, 0.05) is 24.0 Å². The normalized spacial score (nSPS) is 13.3. The lowest BCUT2D eigenvalue weighted by atomic mass is 10.0. The van der Waals surface area contributed by atoms with Crippen molar-refractivity contribution in [2.24, 2.45) is 11.7 Å². The van der Waals surface area contributed by atoms with Crippen LogP contribution in [0.5, 0.6) is 11.6 Å². The van der Waals surface area contributed by atoms with Crippen LogP contribution >= 0.6 is 11.6 Å². The van der Waals surface area contributed by atoms with Crippen molar-refractivity contribution < 1.29 is 9.53 Å². The SMILES string of the molecule is CC(N)C(C)C(=O)Nc1ccc(Oc2ccc(Cl)cn2)cc1. The third-order valence-electron chi connectivity index (χ3n) is 3.25. The van der Waals surface area contributed by atoms with Crippen molar-refractivity contribution in [1.29, 1.82) is 0 Å². The maximum Gasteiger partial charge on any atom is 0.228 e. The van der Waals surface area contributed by atoms with Gasteiger partial charge in [0.05, 0.1) is 10.9 Å². The number of aromatic nitrogens is 1. The van der Waals surface area contributed by atoms with Crippen molar-refractivity contribution in [2.75, 3.05) is 5.32 Å². The summed E-state index contributed by atoms with van der Waals surface area (Å²) in [5, 5.41) is 3.36. The van der Waals surface area contributed by atoms with Gasteiger partial charge in [-0.1, -0.05) is 18.5 Å². The van der Waals surface area contributed by atoms with Gasteiger partial charge in [-0.3, -0.25) is 4.79 Å². The standard InChI is InChI=1S/C16H18ClN3O2/c1-10(11(2)18)16(21)20-13-4-6-14(7-5-13)22-15-8-3-12(17)9-19-15/h3-11H,18H2,1-2H3,(H,20,21). The Morgan fingerprint density at radius 3 is 2.45 bits per heavy atom. The number of hydrogen-bond acceptors (Lipinski definition) is 4. The van der Waals surface area contributed by atoms with Gasteiger partial charge in [-0.15, -0.1) is 0 Å². The van der Waals surface area contributed by atoms with E-state index in [4.69, 9.17) is 22.1 Å². The predicted octanol–water partition coefficient (Wildman–Crippen LogP) is 3.45. The molecule has 0 bridgehead atoms. The highest BCUT2D eigenvalue weighted by molar-refractivity contribution is 6.30. The Bertz CT molecular complexity index is 627. The molecule has 1 aromatic heterocycles. The van der Waals surface area contributed by atoms with Gasteiger partial charge in [0.2, 0.25) is 11.8 Å². The Hall–Kier alpha value is -2.11. The zero-order chi connectivity index (χ0) is 16.1. The predicted molar refractivity (Wildman–Crippen MR) is 87.2 cm³/mol. The number of carbonyl (C=O) groups excluding carboxylic acids is 1. The first-order chi connectivity index (χ1) is 10.5. The van der Waals surface area contributed by atoms with E-state index >= 15 is 0 Å². The molecule has 0 saturated heterocycles. The quantitative estimate of drug-likeness (QED) is 0.885. The number of halogens is 1. The molecular formula is C16H18ClN3O2. The molecular weight excluding hydrogens is 302 g/mol. The second kappa shape index (κ2) is 7.24. The summed E-state index contributed by atoms with van der Waals surface area (Å²) in [7, 11) is 0. The van der Waals surface area contributed by atoms with E-state index in [2.05, 4.69) is 10.3 Å². The molecule has 2 atom stereocenters. The van der Waals surface area contributed by atoms with Gasteiger partial charge in [-0.2, -0.15) is 0 Å². The van der Waals surface area contributed by atoms with Gasteiger partial charge in [0.25, 0.3) is 0 Å². The minimum absolute atomic E-state index is 0.108. The van der Waals surface area contributed by atoms with Gasteiger partial charge in [-0.05, 0) is 37.3 Å². The number of pyridine rings is 1. The summed E-state index contributed by atoms with van der Waals surface area (Å²) >= 11 is 5.76. The number of carbonyl (C=O) groups is 1. The van der Waals surface area contributed by atoms with Crippen LogP contribution in [0.1, 0.15) is 13.8 Å². The van der Waals surface area contributed by atoms with E-state index in [1.54, 1.807) is 50.2 Å². The molecule has 3 N–H and O–H groups in total. The molecule has 0 aliphatic carbocycles. The van der Waals surface area contributed by atoms with Gasteiger partial charge in [0.1, 0.15) is 5.75 Å². The van der Waals surface area contributed by atoms with Crippen LogP contribution < -0.4 is 15.8 Å². The number of nitrogens with zero attached hydrogens (tertiary/aromatic N) is 1. The summed E-state index contributed by atoms with van der Waals surface area (Å²) in [6, 6.07) is 10.2. The highest BCUT2D eigenvalue weighted by Crippen LogP contribution is 2.22. The lowest BCUT2D eigenvalue weighted by Gasteiger charge is -2.15. The number of amides is 1. The number of rotatable bonds is 5. The van der Waals surface area contributed by atoms with E-state index in [9.17, 15) is 4.79 Å². The zero-order valence-corrected chi connectivity index (χ0v) is 13.2. The molecule has 0 spiro atoms. The number of nitrogens with two attached hydrogens (primary N) is 1. The zero-order valence-electron chi connectivity index (χ0n) is 12.4. The van der Waals surface area contributed by atoms with Gasteiger partial charge in [-0.25, -0.2) is 4.98 Å². The molecule has 22 heavy (non-hydrogen) atoms. The fourth-order valence-corrected chi connectivity index (χ4v) is 1.76. The first-order valence-electron chi connectivity index (χ1n) is 6.91. The molecule has 2 rings (SSSR count). The van der Waals surface area contributed by atoms with Gasteiger partial charge < -0.3 is 15.8 Å². The molecule has 0 aliphatic rings. The van der Waals surface area contributed by atoms with Crippen LogP contribution in [0.3, 0.4) is 0 Å². The Kier molecular flexibility index (Phi) is 5.35. The van der Waals surface area contributed by atoms with E-state index in [0.29, 0.717) is 22.3 Å². The molecule has 1 amide bonds. The van der Waals surface area contributed by atoms with Crippen molar-refractivity contribution in [2.45, 2.75) is 19.9 Å². The number of nitrogens with one attached hydrogen (secondary N) is 1. The lowest BCUT2D eigenvalue weighted by molar-refractivity contribution is -0.119. The number of benzene rings is 1. The molecule has 2 aromatic rings. The third kappa shape index (κ3) is 4.44. The summed E-state index contributed by atoms with van der Waals surface area (Å²) < 4.78 is 5.58. The van der Waals surface area contributed by atoms with Gasteiger partial charge >= 0.3 is 0 Å². The Balaban J connectivity index is 1.98. The first-order valence-corrected chi connectivity index (χ1v) is 7.29. The smallest absolute Gasteiger partial charge is 0.228 e. The van der Waals surface area contributed by atoms with Crippen molar-refractivity contribution in [3.63, 3.8) is 0 Å². The molecule has 0 saturated carbocycles. The number of anilines is 1. The van der Waals surface area contributed by atoms with E-state index < -0.39 is 0 Å². The Labute approximate surface area is 134 Å². The van der Waals surface area contributed by atoms with Crippen LogP contribution in [-0.2, 0) is 4.79 Å². The van der Waals surface area contributed by atoms with Crippen molar-refractivity contribution in [1.82, 2.24) is 4.98 Å². The molecule has 0 radical (unpaired) electrons. The van der Waals surface area contributed by atoms with E-state index in [-0.39, 0.29) is 17.9 Å². The minimum atomic E-state index is -0.255. The lowest BCUT2D eigenvalue weighted by Crippen LogP contribution is -2.34. The van der Waals surface area contributed by atoms with E-state index in [0.717, 1.165) is 0 Å². The summed E-state index contributed by atoms with van der Waals surface area (Å²) in [6.07, 6.45) is 1.51. The van der Waals surface area contributed by atoms with E-state index in [1.807, 2.05) is 0 Å². The summed E-state index contributed by atoms with van der Waals surface area (Å²) in [6.45, 7) is 3.60. The Morgan fingerprint density at radius 2 is 1.91 bits per heavy atom. The average Bonchev–Trinajstić information content (AvgIpc) is 2.50. The van der Waals surface area contributed by atoms with Crippen LogP contribution in [0, 0.1) is 5.92 Å². The molecule has 2 unspecified atom stereocenters. The number of ether oxygens (including phenoxy) is 1. The highest BCUT2D eigenvalue weighted by Gasteiger charge is 2.16. The largest absolute Gasteiger partial charge is 0.439 e. The summed E-state index contributed by atoms with van der Waals surface area (Å²) in [4.78, 5) is 16.0. The molecule has 0 aliphatic heterocycles. The van der Waals surface area contributed by atoms with Crippen molar-refractivity contribution in [3.8, 4) is 11.6 Å². The monoisotopic (exact) mass is 319 g/mol. The van der Waals surface area contributed by atoms with Crippen molar-refractivity contribution in [3.05, 3.63) is 47.6 Å². The molecule has 116 valence electrons. The minimum Gasteiger partial charge on any atom is -0.439 e. The van der Waals surface area contributed by atoms with E-state index in [1.165, 1.54) is 6.20 Å². The van der Waals surface area contributed by atoms with Crippen LogP contribution in [0.4, 0.5) is 5.69 Å². The maximum atomic E-state index is 11.9. The van der Waals surface area contributed by atoms with Crippen LogP contribution in [0.15, 0.2) is 42.6 Å². The van der Waals surface area contributed by atoms with Crippen LogP contribution in [0.25, 0.3) is 0 Å². The fraction of sp³-hybridized carbons (Fsp3) is 0.250. The van der Waals surface area contributed by atoms with Crippen LogP contribution in [0.2, 0.25) is 5.02 Å². The molecule has 5 nitrogen and oxygen atoms in total.